The molecule has 0 rings (SSSR count). The number of hydrogen-bond acceptors (Lipinski definition) is 3. The maximum atomic E-state index is 11.8. The zero-order valence-electron chi connectivity index (χ0n) is 10.5. The highest BCUT2D eigenvalue weighted by atomic mass is 32.2. The summed E-state index contributed by atoms with van der Waals surface area (Å²) in [5, 5.41) is 7.51. The highest BCUT2D eigenvalue weighted by molar-refractivity contribution is 7.89. The number of nitrogens with two attached hydrogens (primary N) is 1. The summed E-state index contributed by atoms with van der Waals surface area (Å²) in [6.45, 7) is 7.32. The fourth-order valence-electron chi connectivity index (χ4n) is 1.61. The maximum Gasteiger partial charge on any atom is 0.212 e. The monoisotopic (exact) mass is 249 g/mol. The summed E-state index contributed by atoms with van der Waals surface area (Å²) in [6, 6.07) is 0. The molecule has 0 amide bonds. The summed E-state index contributed by atoms with van der Waals surface area (Å²) in [4.78, 5) is 0. The van der Waals surface area contributed by atoms with Crippen LogP contribution in [0, 0.1) is 11.3 Å². The van der Waals surface area contributed by atoms with Gasteiger partial charge in [0.15, 0.2) is 0 Å². The van der Waals surface area contributed by atoms with Gasteiger partial charge in [-0.25, -0.2) is 13.1 Å². The van der Waals surface area contributed by atoms with Gasteiger partial charge in [-0.1, -0.05) is 27.7 Å². The minimum Gasteiger partial charge on any atom is -0.386 e. The molecule has 0 spiro atoms. The zero-order chi connectivity index (χ0) is 13.0. The number of sulfonamides is 1. The topological polar surface area (TPSA) is 96.0 Å². The van der Waals surface area contributed by atoms with E-state index in [1.165, 1.54) is 0 Å². The van der Waals surface area contributed by atoms with Crippen LogP contribution in [0.2, 0.25) is 0 Å². The third-order valence-corrected chi connectivity index (χ3v) is 4.43. The van der Waals surface area contributed by atoms with E-state index in [1.807, 2.05) is 27.7 Å². The van der Waals surface area contributed by atoms with Crippen LogP contribution in [0.1, 0.15) is 40.5 Å². The maximum absolute atomic E-state index is 11.8. The van der Waals surface area contributed by atoms with Crippen molar-refractivity contribution in [2.75, 3.05) is 5.75 Å². The van der Waals surface area contributed by atoms with Gasteiger partial charge in [0.2, 0.25) is 10.0 Å². The first-order valence-corrected chi connectivity index (χ1v) is 7.20. The lowest BCUT2D eigenvalue weighted by Crippen LogP contribution is -2.57. The molecular weight excluding hydrogens is 226 g/mol. The Labute approximate surface area is 98.4 Å². The van der Waals surface area contributed by atoms with Crippen LogP contribution in [0.15, 0.2) is 0 Å². The molecule has 0 saturated heterocycles. The van der Waals surface area contributed by atoms with Crippen LogP contribution in [-0.4, -0.2) is 25.5 Å². The Morgan fingerprint density at radius 3 is 2.06 bits per heavy atom. The van der Waals surface area contributed by atoms with E-state index < -0.39 is 15.6 Å². The lowest BCUT2D eigenvalue weighted by molar-refractivity contribution is 0.456. The molecule has 0 atom stereocenters. The van der Waals surface area contributed by atoms with Crippen molar-refractivity contribution in [1.82, 2.24) is 4.72 Å². The Hall–Kier alpha value is -0.620. The van der Waals surface area contributed by atoms with Crippen LogP contribution in [0.25, 0.3) is 0 Å². The molecule has 0 radical (unpaired) electrons. The molecule has 0 saturated carbocycles. The molecule has 0 unspecified atom stereocenters. The fourth-order valence-corrected chi connectivity index (χ4v) is 3.56. The van der Waals surface area contributed by atoms with E-state index in [0.717, 1.165) is 0 Å². The van der Waals surface area contributed by atoms with Gasteiger partial charge >= 0.3 is 0 Å². The molecule has 0 aliphatic heterocycles. The van der Waals surface area contributed by atoms with E-state index in [0.29, 0.717) is 12.8 Å². The highest BCUT2D eigenvalue weighted by Crippen LogP contribution is 2.17. The van der Waals surface area contributed by atoms with Crippen molar-refractivity contribution < 1.29 is 8.42 Å². The molecule has 0 fully saturated rings. The molecule has 0 bridgehead atoms. The standard InChI is InChI=1S/C10H23N3O2S/c1-5-10(6-2,9(11)12)13-16(14,15)7-8(3)4/h8,13H,5-7H2,1-4H3,(H3,11,12). The minimum absolute atomic E-state index is 0.0517. The van der Waals surface area contributed by atoms with Crippen molar-refractivity contribution >= 4 is 15.9 Å². The van der Waals surface area contributed by atoms with Crippen LogP contribution in [0.5, 0.6) is 0 Å². The molecule has 0 heterocycles. The van der Waals surface area contributed by atoms with E-state index in [1.54, 1.807) is 0 Å². The van der Waals surface area contributed by atoms with Crippen molar-refractivity contribution in [3.63, 3.8) is 0 Å². The van der Waals surface area contributed by atoms with Crippen LogP contribution in [-0.2, 0) is 10.0 Å². The predicted molar refractivity (Wildman–Crippen MR) is 67.0 cm³/mol. The van der Waals surface area contributed by atoms with Crippen molar-refractivity contribution in [1.29, 1.82) is 5.41 Å². The first-order valence-electron chi connectivity index (χ1n) is 5.55. The molecule has 16 heavy (non-hydrogen) atoms. The van der Waals surface area contributed by atoms with Crippen molar-refractivity contribution in [3.05, 3.63) is 0 Å². The van der Waals surface area contributed by atoms with E-state index in [-0.39, 0.29) is 17.5 Å². The Balaban J connectivity index is 4.97. The number of amidine groups is 1. The smallest absolute Gasteiger partial charge is 0.212 e. The summed E-state index contributed by atoms with van der Waals surface area (Å²) in [7, 11) is -3.38. The van der Waals surface area contributed by atoms with Crippen LogP contribution in [0.4, 0.5) is 0 Å². The first kappa shape index (κ1) is 15.4. The van der Waals surface area contributed by atoms with Crippen molar-refractivity contribution in [3.8, 4) is 0 Å². The molecule has 5 nitrogen and oxygen atoms in total. The van der Waals surface area contributed by atoms with E-state index in [4.69, 9.17) is 11.1 Å². The van der Waals surface area contributed by atoms with Gasteiger partial charge in [-0.05, 0) is 18.8 Å². The first-order chi connectivity index (χ1) is 7.19. The molecule has 0 aliphatic carbocycles. The number of hydrogen-bond donors (Lipinski definition) is 3. The molecule has 6 heteroatoms. The third-order valence-electron chi connectivity index (χ3n) is 2.63. The molecular formula is C10H23N3O2S. The largest absolute Gasteiger partial charge is 0.386 e. The Kier molecular flexibility index (Phi) is 5.41. The lowest BCUT2D eigenvalue weighted by atomic mass is 9.93. The molecule has 0 aliphatic rings. The Morgan fingerprint density at radius 2 is 1.81 bits per heavy atom. The summed E-state index contributed by atoms with van der Waals surface area (Å²) in [5.41, 5.74) is 4.56. The molecule has 0 aromatic rings. The number of nitrogens with one attached hydrogen (secondary N) is 2. The second-order valence-electron chi connectivity index (χ2n) is 4.48. The molecule has 0 aromatic carbocycles. The van der Waals surface area contributed by atoms with Crippen LogP contribution < -0.4 is 10.5 Å². The average molecular weight is 249 g/mol. The zero-order valence-corrected chi connectivity index (χ0v) is 11.3. The van der Waals surface area contributed by atoms with Crippen molar-refractivity contribution in [2.45, 2.75) is 46.1 Å². The van der Waals surface area contributed by atoms with E-state index in [9.17, 15) is 8.42 Å². The normalized spacial score (nSPS) is 13.1. The fraction of sp³-hybridized carbons (Fsp3) is 0.900. The Morgan fingerprint density at radius 1 is 1.38 bits per heavy atom. The molecule has 4 N–H and O–H groups in total. The summed E-state index contributed by atoms with van der Waals surface area (Å²) < 4.78 is 26.2. The van der Waals surface area contributed by atoms with Gasteiger partial charge < -0.3 is 5.73 Å². The molecule has 0 aromatic heterocycles. The third kappa shape index (κ3) is 4.09. The second-order valence-corrected chi connectivity index (χ2v) is 6.25. The average Bonchev–Trinajstić information content (AvgIpc) is 2.11. The summed E-state index contributed by atoms with van der Waals surface area (Å²) in [5.74, 6) is -0.0112. The Bertz CT molecular complexity index is 332. The quantitative estimate of drug-likeness (QED) is 0.465. The highest BCUT2D eigenvalue weighted by Gasteiger charge is 2.34. The summed E-state index contributed by atoms with van der Waals surface area (Å²) in [6.07, 6.45) is 0.965. The van der Waals surface area contributed by atoms with Gasteiger partial charge in [0.25, 0.3) is 0 Å². The van der Waals surface area contributed by atoms with Gasteiger partial charge in [-0.15, -0.1) is 0 Å². The SMILES string of the molecule is CCC(CC)(NS(=O)(=O)CC(C)C)C(=N)N. The van der Waals surface area contributed by atoms with Gasteiger partial charge in [-0.2, -0.15) is 0 Å². The van der Waals surface area contributed by atoms with E-state index >= 15 is 0 Å². The predicted octanol–water partition coefficient (Wildman–Crippen LogP) is 1.06. The van der Waals surface area contributed by atoms with E-state index in [2.05, 4.69) is 4.72 Å². The number of rotatable bonds is 7. The van der Waals surface area contributed by atoms with Crippen LogP contribution in [0.3, 0.4) is 0 Å². The van der Waals surface area contributed by atoms with Gasteiger partial charge in [0.1, 0.15) is 5.84 Å². The molecule has 96 valence electrons. The minimum atomic E-state index is -3.38. The van der Waals surface area contributed by atoms with Gasteiger partial charge in [0.05, 0.1) is 11.3 Å². The summed E-state index contributed by atoms with van der Waals surface area (Å²) >= 11 is 0. The van der Waals surface area contributed by atoms with Crippen LogP contribution >= 0.6 is 0 Å². The second kappa shape index (κ2) is 5.63. The lowest BCUT2D eigenvalue weighted by Gasteiger charge is -2.31. The van der Waals surface area contributed by atoms with Gasteiger partial charge in [-0.3, -0.25) is 5.41 Å². The van der Waals surface area contributed by atoms with Crippen molar-refractivity contribution in [2.24, 2.45) is 11.7 Å². The van der Waals surface area contributed by atoms with Gasteiger partial charge in [0, 0.05) is 0 Å².